The first-order valence-electron chi connectivity index (χ1n) is 6.77. The fourth-order valence-electron chi connectivity index (χ4n) is 2.84. The predicted octanol–water partition coefficient (Wildman–Crippen LogP) is 4.02. The Balaban J connectivity index is 2.01. The van der Waals surface area contributed by atoms with Gasteiger partial charge in [-0.2, -0.15) is 0 Å². The zero-order valence-corrected chi connectivity index (χ0v) is 11.3. The van der Waals surface area contributed by atoms with E-state index in [9.17, 15) is 4.79 Å². The molecule has 0 aliphatic heterocycles. The number of hydrogen-bond acceptors (Lipinski definition) is 2. The molecule has 1 aromatic heterocycles. The van der Waals surface area contributed by atoms with E-state index in [0.717, 1.165) is 35.1 Å². The van der Waals surface area contributed by atoms with Gasteiger partial charge in [0.2, 0.25) is 0 Å². The van der Waals surface area contributed by atoms with Crippen LogP contribution in [0.5, 0.6) is 0 Å². The molecule has 1 heterocycles. The second-order valence-corrected chi connectivity index (χ2v) is 5.58. The van der Waals surface area contributed by atoms with Gasteiger partial charge in [0.1, 0.15) is 11.3 Å². The molecule has 2 aromatic rings. The number of carboxylic acids is 1. The fourth-order valence-corrected chi connectivity index (χ4v) is 2.84. The topological polar surface area (TPSA) is 50.4 Å². The van der Waals surface area contributed by atoms with Crippen molar-refractivity contribution in [3.8, 4) is 0 Å². The molecule has 3 nitrogen and oxygen atoms in total. The Labute approximate surface area is 112 Å². The van der Waals surface area contributed by atoms with Crippen molar-refractivity contribution < 1.29 is 14.3 Å². The molecule has 100 valence electrons. The molecule has 1 saturated carbocycles. The highest BCUT2D eigenvalue weighted by Crippen LogP contribution is 2.45. The summed E-state index contributed by atoms with van der Waals surface area (Å²) in [6.07, 6.45) is 2.51. The second kappa shape index (κ2) is 4.41. The zero-order valence-electron chi connectivity index (χ0n) is 11.3. The Morgan fingerprint density at radius 2 is 2.16 bits per heavy atom. The molecule has 1 fully saturated rings. The van der Waals surface area contributed by atoms with Gasteiger partial charge in [0, 0.05) is 5.39 Å². The molecular formula is C16H18O3. The summed E-state index contributed by atoms with van der Waals surface area (Å²) in [6.45, 7) is 4.01. The molecule has 0 bridgehead atoms. The van der Waals surface area contributed by atoms with Crippen LogP contribution in [0.3, 0.4) is 0 Å². The highest BCUT2D eigenvalue weighted by Gasteiger charge is 2.34. The Morgan fingerprint density at radius 1 is 1.42 bits per heavy atom. The number of benzene rings is 1. The standard InChI is InChI=1S/C16H18O3/c1-9-10(2)19-15-7-12(5-6-13(9)15)14(8-16(17)18)11-3-4-11/h5-7,11,14H,3-4,8H2,1-2H3,(H,17,18). The fraction of sp³-hybridized carbons (Fsp3) is 0.438. The molecule has 1 N–H and O–H groups in total. The van der Waals surface area contributed by atoms with Crippen molar-refractivity contribution in [2.45, 2.75) is 39.0 Å². The van der Waals surface area contributed by atoms with Crippen molar-refractivity contribution in [2.75, 3.05) is 0 Å². The first-order chi connectivity index (χ1) is 9.06. The highest BCUT2D eigenvalue weighted by molar-refractivity contribution is 5.83. The maximum atomic E-state index is 11.0. The number of rotatable bonds is 4. The van der Waals surface area contributed by atoms with Crippen molar-refractivity contribution in [1.29, 1.82) is 0 Å². The first-order valence-corrected chi connectivity index (χ1v) is 6.77. The SMILES string of the molecule is Cc1oc2cc(C(CC(=O)O)C3CC3)ccc2c1C. The lowest BCUT2D eigenvalue weighted by molar-refractivity contribution is -0.137. The smallest absolute Gasteiger partial charge is 0.303 e. The van der Waals surface area contributed by atoms with Gasteiger partial charge >= 0.3 is 5.97 Å². The summed E-state index contributed by atoms with van der Waals surface area (Å²) in [5.74, 6) is 0.885. The summed E-state index contributed by atoms with van der Waals surface area (Å²) < 4.78 is 5.75. The zero-order chi connectivity index (χ0) is 13.6. The third-order valence-corrected chi connectivity index (χ3v) is 4.21. The molecule has 19 heavy (non-hydrogen) atoms. The van der Waals surface area contributed by atoms with E-state index >= 15 is 0 Å². The maximum Gasteiger partial charge on any atom is 0.303 e. The average Bonchev–Trinajstić information content (AvgIpc) is 3.15. The van der Waals surface area contributed by atoms with E-state index in [-0.39, 0.29) is 12.3 Å². The van der Waals surface area contributed by atoms with E-state index in [1.807, 2.05) is 13.0 Å². The molecular weight excluding hydrogens is 240 g/mol. The van der Waals surface area contributed by atoms with Crippen LogP contribution in [0.2, 0.25) is 0 Å². The summed E-state index contributed by atoms with van der Waals surface area (Å²) in [4.78, 5) is 11.0. The minimum Gasteiger partial charge on any atom is -0.481 e. The van der Waals surface area contributed by atoms with E-state index in [1.54, 1.807) is 0 Å². The summed E-state index contributed by atoms with van der Waals surface area (Å²) in [7, 11) is 0. The van der Waals surface area contributed by atoms with Crippen LogP contribution in [0.1, 0.15) is 42.1 Å². The number of hydrogen-bond donors (Lipinski definition) is 1. The van der Waals surface area contributed by atoms with Gasteiger partial charge in [0.05, 0.1) is 6.42 Å². The maximum absolute atomic E-state index is 11.0. The van der Waals surface area contributed by atoms with Crippen molar-refractivity contribution >= 4 is 16.9 Å². The van der Waals surface area contributed by atoms with Gasteiger partial charge < -0.3 is 9.52 Å². The largest absolute Gasteiger partial charge is 0.481 e. The van der Waals surface area contributed by atoms with E-state index in [2.05, 4.69) is 19.1 Å². The van der Waals surface area contributed by atoms with E-state index in [0.29, 0.717) is 5.92 Å². The summed E-state index contributed by atoms with van der Waals surface area (Å²) in [5, 5.41) is 10.2. The van der Waals surface area contributed by atoms with Gasteiger partial charge in [-0.1, -0.05) is 12.1 Å². The number of carboxylic acid groups (broad SMARTS) is 1. The Bertz CT molecular complexity index is 635. The molecule has 0 radical (unpaired) electrons. The molecule has 0 saturated heterocycles. The van der Waals surface area contributed by atoms with Gasteiger partial charge in [-0.05, 0) is 55.7 Å². The number of furan rings is 1. The first kappa shape index (κ1) is 12.3. The van der Waals surface area contributed by atoms with E-state index in [4.69, 9.17) is 9.52 Å². The Morgan fingerprint density at radius 3 is 2.79 bits per heavy atom. The van der Waals surface area contributed by atoms with Crippen LogP contribution in [0.4, 0.5) is 0 Å². The van der Waals surface area contributed by atoms with Gasteiger partial charge in [0.25, 0.3) is 0 Å². The van der Waals surface area contributed by atoms with Crippen LogP contribution in [0, 0.1) is 19.8 Å². The normalized spacial score (nSPS) is 16.7. The van der Waals surface area contributed by atoms with Crippen molar-refractivity contribution in [3.05, 3.63) is 35.1 Å². The van der Waals surface area contributed by atoms with Crippen LogP contribution in [-0.4, -0.2) is 11.1 Å². The summed E-state index contributed by atoms with van der Waals surface area (Å²) in [5.41, 5.74) is 3.15. The molecule has 1 aromatic carbocycles. The molecule has 0 amide bonds. The third kappa shape index (κ3) is 2.25. The summed E-state index contributed by atoms with van der Waals surface area (Å²) in [6, 6.07) is 6.16. The van der Waals surface area contributed by atoms with Gasteiger partial charge in [-0.25, -0.2) is 0 Å². The van der Waals surface area contributed by atoms with Crippen molar-refractivity contribution in [1.82, 2.24) is 0 Å². The lowest BCUT2D eigenvalue weighted by Gasteiger charge is -2.14. The molecule has 1 aliphatic rings. The molecule has 1 atom stereocenters. The number of fused-ring (bicyclic) bond motifs is 1. The van der Waals surface area contributed by atoms with Gasteiger partial charge in [-0.15, -0.1) is 0 Å². The predicted molar refractivity (Wildman–Crippen MR) is 73.4 cm³/mol. The average molecular weight is 258 g/mol. The molecule has 1 unspecified atom stereocenters. The van der Waals surface area contributed by atoms with Crippen LogP contribution >= 0.6 is 0 Å². The van der Waals surface area contributed by atoms with E-state index < -0.39 is 5.97 Å². The van der Waals surface area contributed by atoms with Crippen LogP contribution in [-0.2, 0) is 4.79 Å². The highest BCUT2D eigenvalue weighted by atomic mass is 16.4. The molecule has 3 heteroatoms. The second-order valence-electron chi connectivity index (χ2n) is 5.58. The Hall–Kier alpha value is -1.77. The molecule has 3 rings (SSSR count). The lowest BCUT2D eigenvalue weighted by Crippen LogP contribution is -2.08. The minimum absolute atomic E-state index is 0.132. The van der Waals surface area contributed by atoms with Gasteiger partial charge in [-0.3, -0.25) is 4.79 Å². The monoisotopic (exact) mass is 258 g/mol. The van der Waals surface area contributed by atoms with Crippen molar-refractivity contribution in [2.24, 2.45) is 5.92 Å². The molecule has 0 spiro atoms. The third-order valence-electron chi connectivity index (χ3n) is 4.21. The van der Waals surface area contributed by atoms with Crippen LogP contribution in [0.15, 0.2) is 22.6 Å². The van der Waals surface area contributed by atoms with Gasteiger partial charge in [0.15, 0.2) is 0 Å². The van der Waals surface area contributed by atoms with E-state index in [1.165, 1.54) is 5.56 Å². The quantitative estimate of drug-likeness (QED) is 0.901. The molecule has 1 aliphatic carbocycles. The lowest BCUT2D eigenvalue weighted by atomic mass is 9.90. The number of aryl methyl sites for hydroxylation is 2. The van der Waals surface area contributed by atoms with Crippen LogP contribution < -0.4 is 0 Å². The minimum atomic E-state index is -0.719. The Kier molecular flexibility index (Phi) is 2.85. The van der Waals surface area contributed by atoms with Crippen molar-refractivity contribution in [3.63, 3.8) is 0 Å². The summed E-state index contributed by atoms with van der Waals surface area (Å²) >= 11 is 0. The number of aliphatic carboxylic acids is 1. The number of carbonyl (C=O) groups is 1. The van der Waals surface area contributed by atoms with Crippen LogP contribution in [0.25, 0.3) is 11.0 Å².